The molecule has 1 saturated heterocycles. The molecule has 0 spiro atoms. The lowest BCUT2D eigenvalue weighted by Gasteiger charge is -2.52. The van der Waals surface area contributed by atoms with E-state index in [1.165, 1.54) is 6.20 Å². The van der Waals surface area contributed by atoms with Crippen LogP contribution in [0, 0.1) is 5.92 Å². The third-order valence-corrected chi connectivity index (χ3v) is 5.84. The number of piperidine rings is 1. The Balaban J connectivity index is 1.66. The van der Waals surface area contributed by atoms with Crippen molar-refractivity contribution in [1.29, 1.82) is 0 Å². The van der Waals surface area contributed by atoms with Gasteiger partial charge in [0.2, 0.25) is 0 Å². The fraction of sp³-hybridized carbons (Fsp3) is 0.474. The minimum Gasteiger partial charge on any atom is -0.385 e. The molecule has 2 aromatic rings. The van der Waals surface area contributed by atoms with E-state index >= 15 is 0 Å². The van der Waals surface area contributed by atoms with E-state index in [0.717, 1.165) is 31.2 Å². The average Bonchev–Trinajstić information content (AvgIpc) is 3.09. The van der Waals surface area contributed by atoms with Crippen molar-refractivity contribution in [2.45, 2.75) is 43.7 Å². The number of H-pyrrole nitrogens is 2. The van der Waals surface area contributed by atoms with Crippen LogP contribution < -0.4 is 5.69 Å². The first-order chi connectivity index (χ1) is 12.1. The van der Waals surface area contributed by atoms with Crippen LogP contribution in [-0.2, 0) is 5.60 Å². The zero-order chi connectivity index (χ0) is 17.4. The molecule has 2 heterocycles. The van der Waals surface area contributed by atoms with Crippen LogP contribution in [0.3, 0.4) is 0 Å². The molecule has 25 heavy (non-hydrogen) atoms. The molecule has 4 rings (SSSR count). The van der Waals surface area contributed by atoms with Gasteiger partial charge in [-0.3, -0.25) is 4.79 Å². The van der Waals surface area contributed by atoms with E-state index in [4.69, 9.17) is 0 Å². The van der Waals surface area contributed by atoms with Crippen LogP contribution in [-0.4, -0.2) is 38.5 Å². The van der Waals surface area contributed by atoms with E-state index in [9.17, 15) is 14.7 Å². The van der Waals surface area contributed by atoms with Gasteiger partial charge < -0.3 is 20.0 Å². The summed E-state index contributed by atoms with van der Waals surface area (Å²) in [5, 5.41) is 11.5. The zero-order valence-corrected chi connectivity index (χ0v) is 14.1. The number of aromatic nitrogens is 2. The molecule has 1 saturated carbocycles. The number of nitrogens with one attached hydrogen (secondary N) is 2. The van der Waals surface area contributed by atoms with Crippen LogP contribution in [0.25, 0.3) is 0 Å². The maximum absolute atomic E-state index is 12.9. The van der Waals surface area contributed by atoms with Gasteiger partial charge in [-0.05, 0) is 24.8 Å². The molecule has 132 valence electrons. The number of carbonyl (C=O) groups is 1. The van der Waals surface area contributed by atoms with Gasteiger partial charge in [0.1, 0.15) is 5.69 Å². The van der Waals surface area contributed by atoms with Gasteiger partial charge in [-0.1, -0.05) is 43.2 Å². The highest BCUT2D eigenvalue weighted by atomic mass is 16.3. The van der Waals surface area contributed by atoms with Gasteiger partial charge in [0.15, 0.2) is 0 Å². The number of hydrogen-bond acceptors (Lipinski definition) is 3. The number of aliphatic hydroxyl groups is 1. The average molecular weight is 341 g/mol. The Morgan fingerprint density at radius 3 is 2.68 bits per heavy atom. The van der Waals surface area contributed by atoms with Gasteiger partial charge in [-0.25, -0.2) is 4.79 Å². The molecular weight excluding hydrogens is 318 g/mol. The second kappa shape index (κ2) is 6.19. The van der Waals surface area contributed by atoms with Crippen molar-refractivity contribution >= 4 is 5.91 Å². The lowest BCUT2D eigenvalue weighted by molar-refractivity contribution is -0.110. The third kappa shape index (κ3) is 2.70. The standard InChI is InChI=1S/C19H23N3O3/c23-17(15-12-20-18(24)21-15)22-11-10-19(25,13-6-2-1-3-7-13)14-8-4-5-9-16(14)22/h1-3,6-7,12,14,16,25H,4-5,8-11H2,(H2,20,21,24)/t14-,16-,19?/m0/s1. The van der Waals surface area contributed by atoms with Crippen molar-refractivity contribution in [3.63, 3.8) is 0 Å². The van der Waals surface area contributed by atoms with Crippen molar-refractivity contribution in [2.75, 3.05) is 6.54 Å². The molecule has 0 bridgehead atoms. The quantitative estimate of drug-likeness (QED) is 0.780. The number of rotatable bonds is 2. The summed E-state index contributed by atoms with van der Waals surface area (Å²) in [6.45, 7) is 0.485. The van der Waals surface area contributed by atoms with Crippen LogP contribution in [0.2, 0.25) is 0 Å². The molecule has 2 fully saturated rings. The fourth-order valence-corrected chi connectivity index (χ4v) is 4.62. The van der Waals surface area contributed by atoms with Crippen LogP contribution in [0.1, 0.15) is 48.2 Å². The van der Waals surface area contributed by atoms with E-state index in [1.54, 1.807) is 0 Å². The first-order valence-corrected chi connectivity index (χ1v) is 8.96. The lowest BCUT2D eigenvalue weighted by atomic mass is 9.66. The molecule has 1 aliphatic carbocycles. The largest absolute Gasteiger partial charge is 0.385 e. The Labute approximate surface area is 145 Å². The van der Waals surface area contributed by atoms with Gasteiger partial charge in [0, 0.05) is 24.7 Å². The number of fused-ring (bicyclic) bond motifs is 1. The number of aromatic amines is 2. The Bertz CT molecular complexity index is 813. The predicted octanol–water partition coefficient (Wildman–Crippen LogP) is 2.00. The van der Waals surface area contributed by atoms with Crippen LogP contribution in [0.5, 0.6) is 0 Å². The Hall–Kier alpha value is -2.34. The molecule has 3 N–H and O–H groups in total. The van der Waals surface area contributed by atoms with Crippen molar-refractivity contribution in [1.82, 2.24) is 14.9 Å². The predicted molar refractivity (Wildman–Crippen MR) is 93.2 cm³/mol. The van der Waals surface area contributed by atoms with E-state index in [-0.39, 0.29) is 23.6 Å². The summed E-state index contributed by atoms with van der Waals surface area (Å²) in [7, 11) is 0. The number of likely N-dealkylation sites (tertiary alicyclic amines) is 1. The van der Waals surface area contributed by atoms with Gasteiger partial charge in [0.25, 0.3) is 5.91 Å². The number of amides is 1. The van der Waals surface area contributed by atoms with Crippen LogP contribution in [0.4, 0.5) is 0 Å². The Morgan fingerprint density at radius 1 is 1.20 bits per heavy atom. The summed E-state index contributed by atoms with van der Waals surface area (Å²) in [4.78, 5) is 31.1. The highest BCUT2D eigenvalue weighted by Crippen LogP contribution is 2.47. The molecule has 2 aliphatic rings. The van der Waals surface area contributed by atoms with E-state index in [2.05, 4.69) is 9.97 Å². The normalized spacial score (nSPS) is 29.2. The smallest absolute Gasteiger partial charge is 0.323 e. The van der Waals surface area contributed by atoms with Crippen molar-refractivity contribution in [3.8, 4) is 0 Å². The summed E-state index contributed by atoms with van der Waals surface area (Å²) in [6.07, 6.45) is 5.86. The minimum absolute atomic E-state index is 0.00129. The topological polar surface area (TPSA) is 89.2 Å². The number of imidazole rings is 1. The van der Waals surface area contributed by atoms with Gasteiger partial charge in [0.05, 0.1) is 5.60 Å². The van der Waals surface area contributed by atoms with Crippen LogP contribution in [0.15, 0.2) is 41.3 Å². The SMILES string of the molecule is O=C(c1c[nH]c(=O)[nH]1)N1CCC(O)(c2ccccc2)[C@H]2CCCC[C@@H]21. The number of benzene rings is 1. The van der Waals surface area contributed by atoms with Crippen molar-refractivity contribution in [3.05, 3.63) is 58.3 Å². The van der Waals surface area contributed by atoms with E-state index < -0.39 is 5.60 Å². The van der Waals surface area contributed by atoms with E-state index in [1.807, 2.05) is 35.2 Å². The van der Waals surface area contributed by atoms with Crippen molar-refractivity contribution < 1.29 is 9.90 Å². The van der Waals surface area contributed by atoms with Crippen LogP contribution >= 0.6 is 0 Å². The highest BCUT2D eigenvalue weighted by molar-refractivity contribution is 5.92. The second-order valence-corrected chi connectivity index (χ2v) is 7.15. The Kier molecular flexibility index (Phi) is 4.00. The monoisotopic (exact) mass is 341 g/mol. The van der Waals surface area contributed by atoms with Gasteiger partial charge in [-0.15, -0.1) is 0 Å². The maximum Gasteiger partial charge on any atom is 0.323 e. The van der Waals surface area contributed by atoms with Gasteiger partial charge >= 0.3 is 5.69 Å². The molecular formula is C19H23N3O3. The molecule has 1 aliphatic heterocycles. The summed E-state index contributed by atoms with van der Waals surface area (Å²) in [6, 6.07) is 9.81. The summed E-state index contributed by atoms with van der Waals surface area (Å²) in [5.41, 5.74) is -0.0378. The molecule has 1 aromatic heterocycles. The fourth-order valence-electron chi connectivity index (χ4n) is 4.62. The molecule has 1 aromatic carbocycles. The number of carbonyl (C=O) groups excluding carboxylic acids is 1. The highest BCUT2D eigenvalue weighted by Gasteiger charge is 2.50. The molecule has 1 unspecified atom stereocenters. The van der Waals surface area contributed by atoms with Gasteiger partial charge in [-0.2, -0.15) is 0 Å². The minimum atomic E-state index is -0.894. The molecule has 6 heteroatoms. The van der Waals surface area contributed by atoms with Crippen molar-refractivity contribution in [2.24, 2.45) is 5.92 Å². The number of nitrogens with zero attached hydrogens (tertiary/aromatic N) is 1. The molecule has 0 radical (unpaired) electrons. The summed E-state index contributed by atoms with van der Waals surface area (Å²) in [5.74, 6) is -0.141. The summed E-state index contributed by atoms with van der Waals surface area (Å²) < 4.78 is 0. The molecule has 1 amide bonds. The first-order valence-electron chi connectivity index (χ1n) is 8.96. The third-order valence-electron chi connectivity index (χ3n) is 5.84. The second-order valence-electron chi connectivity index (χ2n) is 7.15. The lowest BCUT2D eigenvalue weighted by Crippen LogP contribution is -2.59. The summed E-state index contributed by atoms with van der Waals surface area (Å²) >= 11 is 0. The number of hydrogen-bond donors (Lipinski definition) is 3. The molecule has 3 atom stereocenters. The molecule has 6 nitrogen and oxygen atoms in total. The Morgan fingerprint density at radius 2 is 1.96 bits per heavy atom. The van der Waals surface area contributed by atoms with E-state index in [0.29, 0.717) is 18.7 Å². The maximum atomic E-state index is 12.9. The first kappa shape index (κ1) is 16.1. The zero-order valence-electron chi connectivity index (χ0n) is 14.1.